The molecule has 0 spiro atoms. The Labute approximate surface area is 123 Å². The maximum Gasteiger partial charge on any atom is 0.261 e. The summed E-state index contributed by atoms with van der Waals surface area (Å²) in [7, 11) is 0. The van der Waals surface area contributed by atoms with Crippen LogP contribution in [-0.4, -0.2) is 12.0 Å². The summed E-state index contributed by atoms with van der Waals surface area (Å²) < 4.78 is 18.3. The van der Waals surface area contributed by atoms with E-state index >= 15 is 0 Å². The van der Waals surface area contributed by atoms with E-state index in [9.17, 15) is 9.18 Å². The van der Waals surface area contributed by atoms with Crippen LogP contribution in [0.3, 0.4) is 0 Å². The zero-order valence-electron chi connectivity index (χ0n) is 12.0. The summed E-state index contributed by atoms with van der Waals surface area (Å²) in [6, 6.07) is 15.2. The lowest BCUT2D eigenvalue weighted by molar-refractivity contribution is -0.127. The number of nitrogens with one attached hydrogen (secondary N) is 1. The number of hydrogen-bond donors (Lipinski definition) is 1. The fourth-order valence-electron chi connectivity index (χ4n) is 1.93. The van der Waals surface area contributed by atoms with E-state index in [1.54, 1.807) is 6.92 Å². The van der Waals surface area contributed by atoms with Crippen molar-refractivity contribution in [3.63, 3.8) is 0 Å². The molecule has 0 aliphatic heterocycles. The van der Waals surface area contributed by atoms with Crippen molar-refractivity contribution in [2.75, 3.05) is 0 Å². The first kappa shape index (κ1) is 15.0. The normalized spacial score (nSPS) is 13.3. The molecule has 1 N–H and O–H groups in total. The highest BCUT2D eigenvalue weighted by molar-refractivity contribution is 5.81. The van der Waals surface area contributed by atoms with Crippen molar-refractivity contribution in [1.82, 2.24) is 5.32 Å². The molecule has 3 nitrogen and oxygen atoms in total. The quantitative estimate of drug-likeness (QED) is 0.914. The summed E-state index contributed by atoms with van der Waals surface area (Å²) in [5.74, 6) is -0.0840. The van der Waals surface area contributed by atoms with Crippen LogP contribution in [0.5, 0.6) is 5.75 Å². The maximum absolute atomic E-state index is 12.8. The fraction of sp³-hybridized carbons (Fsp3) is 0.235. The van der Waals surface area contributed by atoms with E-state index in [2.05, 4.69) is 5.32 Å². The molecule has 21 heavy (non-hydrogen) atoms. The van der Waals surface area contributed by atoms with Crippen molar-refractivity contribution in [1.29, 1.82) is 0 Å². The SMILES string of the molecule is C[C@@H](Oc1ccc(F)cc1)C(=O)N[C@H](C)c1ccccc1. The van der Waals surface area contributed by atoms with Crippen molar-refractivity contribution in [2.24, 2.45) is 0 Å². The van der Waals surface area contributed by atoms with Crippen LogP contribution in [0.4, 0.5) is 4.39 Å². The largest absolute Gasteiger partial charge is 0.481 e. The van der Waals surface area contributed by atoms with Crippen molar-refractivity contribution in [3.05, 3.63) is 66.0 Å². The number of carbonyl (C=O) groups is 1. The standard InChI is InChI=1S/C17H18FNO2/c1-12(14-6-4-3-5-7-14)19-17(20)13(2)21-16-10-8-15(18)9-11-16/h3-13H,1-2H3,(H,19,20)/t12-,13-/m1/s1. The van der Waals surface area contributed by atoms with Crippen molar-refractivity contribution < 1.29 is 13.9 Å². The minimum Gasteiger partial charge on any atom is -0.481 e. The molecule has 110 valence electrons. The third kappa shape index (κ3) is 4.31. The van der Waals surface area contributed by atoms with E-state index in [0.29, 0.717) is 5.75 Å². The van der Waals surface area contributed by atoms with Crippen LogP contribution in [0, 0.1) is 5.82 Å². The second kappa shape index (κ2) is 6.88. The molecule has 1 amide bonds. The van der Waals surface area contributed by atoms with Gasteiger partial charge in [0.15, 0.2) is 6.10 Å². The van der Waals surface area contributed by atoms with E-state index in [4.69, 9.17) is 4.74 Å². The predicted molar refractivity (Wildman–Crippen MR) is 79.5 cm³/mol. The Morgan fingerprint density at radius 2 is 1.67 bits per heavy atom. The molecule has 2 aromatic rings. The second-order valence-corrected chi connectivity index (χ2v) is 4.85. The monoisotopic (exact) mass is 287 g/mol. The average Bonchev–Trinajstić information content (AvgIpc) is 2.50. The molecule has 2 aromatic carbocycles. The van der Waals surface area contributed by atoms with Crippen LogP contribution >= 0.6 is 0 Å². The van der Waals surface area contributed by atoms with Gasteiger partial charge in [-0.2, -0.15) is 0 Å². The molecular formula is C17H18FNO2. The topological polar surface area (TPSA) is 38.3 Å². The van der Waals surface area contributed by atoms with Gasteiger partial charge in [-0.1, -0.05) is 30.3 Å². The molecule has 0 bridgehead atoms. The fourth-order valence-corrected chi connectivity index (χ4v) is 1.93. The van der Waals surface area contributed by atoms with Gasteiger partial charge >= 0.3 is 0 Å². The molecule has 4 heteroatoms. The van der Waals surface area contributed by atoms with E-state index in [1.807, 2.05) is 37.3 Å². The molecule has 0 aliphatic rings. The van der Waals surface area contributed by atoms with Crippen LogP contribution < -0.4 is 10.1 Å². The van der Waals surface area contributed by atoms with Gasteiger partial charge in [0.1, 0.15) is 11.6 Å². The van der Waals surface area contributed by atoms with Gasteiger partial charge in [0.2, 0.25) is 0 Å². The van der Waals surface area contributed by atoms with Crippen LogP contribution in [0.25, 0.3) is 0 Å². The Hall–Kier alpha value is -2.36. The zero-order valence-corrected chi connectivity index (χ0v) is 12.0. The Bertz CT molecular complexity index is 583. The lowest BCUT2D eigenvalue weighted by Gasteiger charge is -2.19. The molecule has 0 fully saturated rings. The summed E-state index contributed by atoms with van der Waals surface area (Å²) >= 11 is 0. The van der Waals surface area contributed by atoms with E-state index in [1.165, 1.54) is 24.3 Å². The molecule has 0 saturated heterocycles. The van der Waals surface area contributed by atoms with E-state index in [0.717, 1.165) is 5.56 Å². The molecule has 0 heterocycles. The Morgan fingerprint density at radius 3 is 2.29 bits per heavy atom. The third-order valence-corrected chi connectivity index (χ3v) is 3.15. The van der Waals surface area contributed by atoms with Crippen LogP contribution in [-0.2, 0) is 4.79 Å². The molecule has 0 aromatic heterocycles. The number of halogens is 1. The lowest BCUT2D eigenvalue weighted by atomic mass is 10.1. The Morgan fingerprint density at radius 1 is 1.05 bits per heavy atom. The van der Waals surface area contributed by atoms with Crippen LogP contribution in [0.1, 0.15) is 25.5 Å². The molecule has 0 unspecified atom stereocenters. The highest BCUT2D eigenvalue weighted by Gasteiger charge is 2.17. The summed E-state index contributed by atoms with van der Waals surface area (Å²) in [5, 5.41) is 2.89. The van der Waals surface area contributed by atoms with E-state index < -0.39 is 6.10 Å². The summed E-state index contributed by atoms with van der Waals surface area (Å²) in [5.41, 5.74) is 1.03. The number of benzene rings is 2. The van der Waals surface area contributed by atoms with Crippen molar-refractivity contribution in [2.45, 2.75) is 26.0 Å². The Balaban J connectivity index is 1.92. The zero-order chi connectivity index (χ0) is 15.2. The van der Waals surface area contributed by atoms with Crippen molar-refractivity contribution in [3.8, 4) is 5.75 Å². The van der Waals surface area contributed by atoms with Gasteiger partial charge in [-0.05, 0) is 43.7 Å². The number of ether oxygens (including phenoxy) is 1. The van der Waals surface area contributed by atoms with E-state index in [-0.39, 0.29) is 17.8 Å². The van der Waals surface area contributed by atoms with Crippen LogP contribution in [0.2, 0.25) is 0 Å². The molecule has 2 rings (SSSR count). The summed E-state index contributed by atoms with van der Waals surface area (Å²) in [6.07, 6.45) is -0.651. The first-order valence-corrected chi connectivity index (χ1v) is 6.84. The minimum absolute atomic E-state index is 0.0991. The van der Waals surface area contributed by atoms with Gasteiger partial charge in [-0.15, -0.1) is 0 Å². The second-order valence-electron chi connectivity index (χ2n) is 4.85. The lowest BCUT2D eigenvalue weighted by Crippen LogP contribution is -2.37. The first-order valence-electron chi connectivity index (χ1n) is 6.84. The number of rotatable bonds is 5. The van der Waals surface area contributed by atoms with Crippen LogP contribution in [0.15, 0.2) is 54.6 Å². The predicted octanol–water partition coefficient (Wildman–Crippen LogP) is 3.47. The molecular weight excluding hydrogens is 269 g/mol. The maximum atomic E-state index is 12.8. The number of hydrogen-bond acceptors (Lipinski definition) is 2. The van der Waals surface area contributed by atoms with Gasteiger partial charge in [-0.3, -0.25) is 4.79 Å². The van der Waals surface area contributed by atoms with Gasteiger partial charge in [0, 0.05) is 0 Å². The van der Waals surface area contributed by atoms with Gasteiger partial charge < -0.3 is 10.1 Å². The molecule has 0 aliphatic carbocycles. The summed E-state index contributed by atoms with van der Waals surface area (Å²) in [4.78, 5) is 12.1. The van der Waals surface area contributed by atoms with Gasteiger partial charge in [-0.25, -0.2) is 4.39 Å². The first-order chi connectivity index (χ1) is 10.1. The van der Waals surface area contributed by atoms with Gasteiger partial charge in [0.05, 0.1) is 6.04 Å². The number of carbonyl (C=O) groups excluding carboxylic acids is 1. The molecule has 0 radical (unpaired) electrons. The number of amides is 1. The van der Waals surface area contributed by atoms with Gasteiger partial charge in [0.25, 0.3) is 5.91 Å². The highest BCUT2D eigenvalue weighted by Crippen LogP contribution is 2.15. The highest BCUT2D eigenvalue weighted by atomic mass is 19.1. The third-order valence-electron chi connectivity index (χ3n) is 3.15. The average molecular weight is 287 g/mol. The molecule has 2 atom stereocenters. The molecule has 0 saturated carbocycles. The van der Waals surface area contributed by atoms with Crippen molar-refractivity contribution >= 4 is 5.91 Å². The smallest absolute Gasteiger partial charge is 0.261 e. The summed E-state index contributed by atoms with van der Waals surface area (Å²) in [6.45, 7) is 3.58. The minimum atomic E-state index is -0.651. The Kier molecular flexibility index (Phi) is 4.93.